The van der Waals surface area contributed by atoms with Crippen LogP contribution in [0.1, 0.15) is 38.7 Å². The van der Waals surface area contributed by atoms with Gasteiger partial charge in [0.05, 0.1) is 36.9 Å². The highest BCUT2D eigenvalue weighted by molar-refractivity contribution is 6.12. The van der Waals surface area contributed by atoms with Gasteiger partial charge >= 0.3 is 11.9 Å². The number of para-hydroxylation sites is 1. The predicted octanol–water partition coefficient (Wildman–Crippen LogP) is 2.97. The van der Waals surface area contributed by atoms with Gasteiger partial charge < -0.3 is 19.2 Å². The van der Waals surface area contributed by atoms with E-state index in [1.54, 1.807) is 45.0 Å². The van der Waals surface area contributed by atoms with Crippen LogP contribution >= 0.6 is 0 Å². The van der Waals surface area contributed by atoms with Gasteiger partial charge in [-0.15, -0.1) is 0 Å². The van der Waals surface area contributed by atoms with Gasteiger partial charge in [0.1, 0.15) is 11.5 Å². The number of carbonyl (C=O) groups excluding carboxylic acids is 3. The van der Waals surface area contributed by atoms with Gasteiger partial charge in [-0.3, -0.25) is 14.4 Å². The van der Waals surface area contributed by atoms with E-state index in [-0.39, 0.29) is 34.7 Å². The van der Waals surface area contributed by atoms with Crippen LogP contribution < -0.4 is 10.7 Å². The third kappa shape index (κ3) is 3.65. The van der Waals surface area contributed by atoms with E-state index < -0.39 is 29.6 Å². The van der Waals surface area contributed by atoms with Gasteiger partial charge in [0.25, 0.3) is 0 Å². The van der Waals surface area contributed by atoms with Crippen molar-refractivity contribution in [3.63, 3.8) is 0 Å². The van der Waals surface area contributed by atoms with Crippen molar-refractivity contribution in [3.05, 3.63) is 68.9 Å². The second-order valence-electron chi connectivity index (χ2n) is 8.27. The van der Waals surface area contributed by atoms with Gasteiger partial charge in [0, 0.05) is 22.5 Å². The van der Waals surface area contributed by atoms with Crippen molar-refractivity contribution in [3.8, 4) is 0 Å². The molecular weight excluding hydrogens is 426 g/mol. The maximum atomic E-state index is 13.7. The molecule has 0 unspecified atom stereocenters. The number of carbonyl (C=O) groups is 3. The van der Waals surface area contributed by atoms with Crippen molar-refractivity contribution in [2.24, 2.45) is 11.8 Å². The zero-order chi connectivity index (χ0) is 23.9. The normalized spacial score (nSPS) is 22.7. The van der Waals surface area contributed by atoms with Gasteiger partial charge in [-0.05, 0) is 38.3 Å². The number of hydrogen-bond acceptors (Lipinski definition) is 8. The van der Waals surface area contributed by atoms with Crippen molar-refractivity contribution in [2.45, 2.75) is 33.1 Å². The van der Waals surface area contributed by atoms with Crippen molar-refractivity contribution in [2.75, 3.05) is 13.7 Å². The van der Waals surface area contributed by atoms with Crippen molar-refractivity contribution >= 4 is 28.7 Å². The van der Waals surface area contributed by atoms with Crippen LogP contribution in [0.25, 0.3) is 11.0 Å². The molecule has 2 heterocycles. The molecule has 1 aromatic carbocycles. The van der Waals surface area contributed by atoms with Crippen LogP contribution in [0.3, 0.4) is 0 Å². The third-order valence-electron chi connectivity index (χ3n) is 6.26. The highest BCUT2D eigenvalue weighted by atomic mass is 16.5. The minimum atomic E-state index is -1.03. The molecule has 1 N–H and O–H groups in total. The number of ether oxygens (including phenoxy) is 2. The fraction of sp³-hybridized carbons (Fsp3) is 0.360. The Hall–Kier alpha value is -3.68. The fourth-order valence-corrected chi connectivity index (χ4v) is 4.76. The number of esters is 2. The van der Waals surface area contributed by atoms with E-state index in [1.165, 1.54) is 13.4 Å². The van der Waals surface area contributed by atoms with Gasteiger partial charge in [-0.25, -0.2) is 4.79 Å². The van der Waals surface area contributed by atoms with E-state index in [2.05, 4.69) is 5.32 Å². The zero-order valence-corrected chi connectivity index (χ0v) is 18.9. The number of dihydropyridines is 1. The summed E-state index contributed by atoms with van der Waals surface area (Å²) in [4.78, 5) is 52.6. The number of fused-ring (bicyclic) bond motifs is 1. The zero-order valence-electron chi connectivity index (χ0n) is 18.9. The number of Topliss-reactive ketones (excluding diaryl/α,β-unsaturated/α-hetero) is 1. The highest BCUT2D eigenvalue weighted by Gasteiger charge is 2.48. The number of benzene rings is 1. The number of hydrogen-bond donors (Lipinski definition) is 1. The summed E-state index contributed by atoms with van der Waals surface area (Å²) in [5, 5.41) is 3.49. The molecule has 0 saturated carbocycles. The molecule has 1 aliphatic heterocycles. The maximum absolute atomic E-state index is 13.7. The first kappa shape index (κ1) is 22.5. The third-order valence-corrected chi connectivity index (χ3v) is 6.26. The summed E-state index contributed by atoms with van der Waals surface area (Å²) in [5.74, 6) is -4.16. The van der Waals surface area contributed by atoms with Gasteiger partial charge in [0.15, 0.2) is 11.2 Å². The standard InChI is InChI=1S/C25H25NO7/c1-5-32-25(30)19-13(3)26-16-10-12(2)18(24(29)31-4)23(28)21(16)20(19)15-11-33-17-9-7-6-8-14(17)22(15)27/h6-9,11-12,18,20,26H,5,10H2,1-4H3/t12-,18+,20-/m1/s1. The van der Waals surface area contributed by atoms with E-state index in [1.807, 2.05) is 0 Å². The molecule has 0 bridgehead atoms. The van der Waals surface area contributed by atoms with Crippen LogP contribution in [0.15, 0.2) is 62.3 Å². The molecule has 3 atom stereocenters. The Morgan fingerprint density at radius 3 is 2.64 bits per heavy atom. The average molecular weight is 451 g/mol. The molecule has 2 aliphatic rings. The number of allylic oxidation sites excluding steroid dienone is 3. The Bertz CT molecular complexity index is 1280. The first-order valence-corrected chi connectivity index (χ1v) is 10.8. The minimum Gasteiger partial charge on any atom is -0.468 e. The molecular formula is C25H25NO7. The number of nitrogens with one attached hydrogen (secondary N) is 1. The molecule has 1 aliphatic carbocycles. The largest absolute Gasteiger partial charge is 0.468 e. The summed E-state index contributed by atoms with van der Waals surface area (Å²) in [5.41, 5.74) is 1.58. The molecule has 0 saturated heterocycles. The summed E-state index contributed by atoms with van der Waals surface area (Å²) in [6.45, 7) is 5.29. The second kappa shape index (κ2) is 8.69. The van der Waals surface area contributed by atoms with Crippen molar-refractivity contribution in [1.82, 2.24) is 5.32 Å². The lowest BCUT2D eigenvalue weighted by molar-refractivity contribution is -0.151. The molecule has 8 nitrogen and oxygen atoms in total. The summed E-state index contributed by atoms with van der Waals surface area (Å²) < 4.78 is 15.9. The molecule has 8 heteroatoms. The lowest BCUT2D eigenvalue weighted by Crippen LogP contribution is -2.44. The molecule has 1 aromatic heterocycles. The highest BCUT2D eigenvalue weighted by Crippen LogP contribution is 2.45. The quantitative estimate of drug-likeness (QED) is 0.558. The van der Waals surface area contributed by atoms with E-state index in [4.69, 9.17) is 13.9 Å². The molecule has 0 radical (unpaired) electrons. The molecule has 0 spiro atoms. The van der Waals surface area contributed by atoms with Gasteiger partial charge in [-0.1, -0.05) is 19.1 Å². The Kier molecular flexibility index (Phi) is 5.93. The van der Waals surface area contributed by atoms with Crippen LogP contribution in [0.4, 0.5) is 0 Å². The molecule has 0 amide bonds. The van der Waals surface area contributed by atoms with Crippen LogP contribution in [0.5, 0.6) is 0 Å². The van der Waals surface area contributed by atoms with Gasteiger partial charge in [0.2, 0.25) is 0 Å². The van der Waals surface area contributed by atoms with Crippen molar-refractivity contribution < 1.29 is 28.3 Å². The van der Waals surface area contributed by atoms with Crippen LogP contribution in [-0.2, 0) is 23.9 Å². The number of ketones is 1. The smallest absolute Gasteiger partial charge is 0.336 e. The van der Waals surface area contributed by atoms with E-state index in [0.717, 1.165) is 0 Å². The first-order valence-electron chi connectivity index (χ1n) is 10.8. The second-order valence-corrected chi connectivity index (χ2v) is 8.27. The lowest BCUT2D eigenvalue weighted by Gasteiger charge is -2.37. The van der Waals surface area contributed by atoms with Crippen molar-refractivity contribution in [1.29, 1.82) is 0 Å². The van der Waals surface area contributed by atoms with Crippen LogP contribution in [0.2, 0.25) is 0 Å². The van der Waals surface area contributed by atoms with Crippen LogP contribution in [0, 0.1) is 11.8 Å². The van der Waals surface area contributed by atoms with Crippen LogP contribution in [-0.4, -0.2) is 31.4 Å². The summed E-state index contributed by atoms with van der Waals surface area (Å²) >= 11 is 0. The monoisotopic (exact) mass is 451 g/mol. The Labute approximate surface area is 190 Å². The maximum Gasteiger partial charge on any atom is 0.336 e. The molecule has 2 aromatic rings. The number of methoxy groups -OCH3 is 1. The van der Waals surface area contributed by atoms with E-state index in [0.29, 0.717) is 28.8 Å². The number of rotatable bonds is 4. The molecule has 33 heavy (non-hydrogen) atoms. The Morgan fingerprint density at radius 1 is 1.21 bits per heavy atom. The minimum absolute atomic E-state index is 0.121. The SMILES string of the molecule is CCOC(=O)C1=C(C)NC2=C(C(=O)[C@@H](C(=O)OC)[C@H](C)C2)[C@@H]1c1coc2ccccc2c1=O. The molecule has 4 rings (SSSR count). The first-order chi connectivity index (χ1) is 15.8. The summed E-state index contributed by atoms with van der Waals surface area (Å²) in [6.07, 6.45) is 1.67. The Balaban J connectivity index is 1.98. The topological polar surface area (TPSA) is 112 Å². The van der Waals surface area contributed by atoms with Gasteiger partial charge in [-0.2, -0.15) is 0 Å². The Morgan fingerprint density at radius 2 is 1.94 bits per heavy atom. The van der Waals surface area contributed by atoms with E-state index in [9.17, 15) is 19.2 Å². The average Bonchev–Trinajstić information content (AvgIpc) is 2.78. The predicted molar refractivity (Wildman–Crippen MR) is 119 cm³/mol. The lowest BCUT2D eigenvalue weighted by atomic mass is 9.69. The fourth-order valence-electron chi connectivity index (χ4n) is 4.76. The molecule has 0 fully saturated rings. The van der Waals surface area contributed by atoms with E-state index >= 15 is 0 Å². The summed E-state index contributed by atoms with van der Waals surface area (Å²) in [7, 11) is 1.23. The molecule has 172 valence electrons. The summed E-state index contributed by atoms with van der Waals surface area (Å²) in [6, 6.07) is 6.76.